The fraction of sp³-hybridized carbons (Fsp3) is 0.714. The average molecular weight is 447 g/mol. The predicted molar refractivity (Wildman–Crippen MR) is 132 cm³/mol. The van der Waals surface area contributed by atoms with Crippen LogP contribution in [0.1, 0.15) is 129 Å². The molecule has 4 nitrogen and oxygen atoms in total. The Morgan fingerprint density at radius 1 is 0.688 bits per heavy atom. The lowest BCUT2D eigenvalue weighted by Gasteiger charge is -2.08. The fourth-order valence-electron chi connectivity index (χ4n) is 3.67. The van der Waals surface area contributed by atoms with Crippen molar-refractivity contribution in [1.82, 2.24) is 0 Å². The van der Waals surface area contributed by atoms with E-state index in [2.05, 4.69) is 20.8 Å². The number of carbonyl (C=O) groups is 2. The first kappa shape index (κ1) is 28.2. The molecule has 1 aromatic rings. The van der Waals surface area contributed by atoms with Gasteiger partial charge in [-0.15, -0.1) is 0 Å². The molecule has 0 fully saturated rings. The van der Waals surface area contributed by atoms with E-state index in [0.717, 1.165) is 51.4 Å². The minimum atomic E-state index is -0.161. The van der Waals surface area contributed by atoms with Crippen LogP contribution in [0.2, 0.25) is 0 Å². The van der Waals surface area contributed by atoms with E-state index in [4.69, 9.17) is 9.47 Å². The number of hydrogen-bond donors (Lipinski definition) is 0. The van der Waals surface area contributed by atoms with Crippen LogP contribution in [0, 0.1) is 0 Å². The van der Waals surface area contributed by atoms with Crippen molar-refractivity contribution >= 4 is 11.9 Å². The highest BCUT2D eigenvalue weighted by Crippen LogP contribution is 2.19. The summed E-state index contributed by atoms with van der Waals surface area (Å²) in [4.78, 5) is 23.7. The quantitative estimate of drug-likeness (QED) is 0.122. The Kier molecular flexibility index (Phi) is 16.5. The number of hydrogen-bond acceptors (Lipinski definition) is 4. The summed E-state index contributed by atoms with van der Waals surface area (Å²) in [6, 6.07) is 7.76. The summed E-state index contributed by atoms with van der Waals surface area (Å²) in [5, 5.41) is 0. The van der Waals surface area contributed by atoms with Gasteiger partial charge in [0.05, 0.1) is 6.61 Å². The number of benzene rings is 1. The average Bonchev–Trinajstić information content (AvgIpc) is 2.77. The van der Waals surface area contributed by atoms with E-state index in [-0.39, 0.29) is 11.9 Å². The maximum absolute atomic E-state index is 12.0. The third kappa shape index (κ3) is 15.0. The number of unbranched alkanes of at least 4 members (excludes halogenated alkanes) is 11. The highest BCUT2D eigenvalue weighted by atomic mass is 16.5. The van der Waals surface area contributed by atoms with Crippen molar-refractivity contribution in [3.8, 4) is 5.75 Å². The minimum Gasteiger partial charge on any atom is -0.466 e. The minimum absolute atomic E-state index is 0.0554. The van der Waals surface area contributed by atoms with Gasteiger partial charge in [-0.2, -0.15) is 0 Å². The summed E-state index contributed by atoms with van der Waals surface area (Å²) in [5.41, 5.74) is 1.24. The molecule has 0 amide bonds. The van der Waals surface area contributed by atoms with Crippen LogP contribution in [0.3, 0.4) is 0 Å². The third-order valence-corrected chi connectivity index (χ3v) is 5.80. The zero-order chi connectivity index (χ0) is 23.4. The van der Waals surface area contributed by atoms with Crippen LogP contribution in [0.5, 0.6) is 5.75 Å². The molecule has 0 N–H and O–H groups in total. The molecule has 0 saturated heterocycles. The van der Waals surface area contributed by atoms with Gasteiger partial charge in [0.25, 0.3) is 0 Å². The van der Waals surface area contributed by atoms with Gasteiger partial charge in [0.2, 0.25) is 0 Å². The Morgan fingerprint density at radius 2 is 1.19 bits per heavy atom. The molecule has 182 valence electrons. The molecule has 32 heavy (non-hydrogen) atoms. The second kappa shape index (κ2) is 18.7. The standard InChI is InChI=1S/C28H46O4/c1-4-5-6-7-10-13-16-23-31-27(29)17-14-11-8-9-12-15-18-28(30)32-26-21-19-25(20-22-26)24(2)3/h19-22,24H,4-18,23H2,1-3H3. The summed E-state index contributed by atoms with van der Waals surface area (Å²) in [5.74, 6) is 0.879. The van der Waals surface area contributed by atoms with Crippen LogP contribution in [-0.2, 0) is 14.3 Å². The zero-order valence-electron chi connectivity index (χ0n) is 20.8. The third-order valence-electron chi connectivity index (χ3n) is 5.80. The lowest BCUT2D eigenvalue weighted by atomic mass is 10.0. The lowest BCUT2D eigenvalue weighted by Crippen LogP contribution is -2.07. The number of rotatable bonds is 19. The van der Waals surface area contributed by atoms with Crippen LogP contribution in [0.4, 0.5) is 0 Å². The van der Waals surface area contributed by atoms with Gasteiger partial charge in [-0.05, 0) is 42.9 Å². The molecule has 1 rings (SSSR count). The Hall–Kier alpha value is -1.84. The summed E-state index contributed by atoms with van der Waals surface area (Å²) in [6.45, 7) is 7.09. The van der Waals surface area contributed by atoms with Crippen molar-refractivity contribution in [1.29, 1.82) is 0 Å². The Labute approximate surface area is 196 Å². The van der Waals surface area contributed by atoms with Gasteiger partial charge in [0, 0.05) is 12.8 Å². The molecule has 0 aliphatic heterocycles. The Balaban J connectivity index is 1.90. The molecule has 4 heteroatoms. The SMILES string of the molecule is CCCCCCCCCOC(=O)CCCCCCCCC(=O)Oc1ccc(C(C)C)cc1. The topological polar surface area (TPSA) is 52.6 Å². The number of carbonyl (C=O) groups excluding carboxylic acids is 2. The zero-order valence-corrected chi connectivity index (χ0v) is 20.8. The molecule has 0 atom stereocenters. The molecule has 0 unspecified atom stereocenters. The van der Waals surface area contributed by atoms with Gasteiger partial charge in [-0.25, -0.2) is 0 Å². The molecule has 0 aliphatic carbocycles. The van der Waals surface area contributed by atoms with Gasteiger partial charge < -0.3 is 9.47 Å². The van der Waals surface area contributed by atoms with E-state index < -0.39 is 0 Å². The van der Waals surface area contributed by atoms with Gasteiger partial charge >= 0.3 is 11.9 Å². The largest absolute Gasteiger partial charge is 0.466 e. The van der Waals surface area contributed by atoms with E-state index in [0.29, 0.717) is 31.1 Å². The lowest BCUT2D eigenvalue weighted by molar-refractivity contribution is -0.144. The number of ether oxygens (including phenoxy) is 2. The summed E-state index contributed by atoms with van der Waals surface area (Å²) in [7, 11) is 0. The first-order chi connectivity index (χ1) is 15.5. The molecule has 0 heterocycles. The summed E-state index contributed by atoms with van der Waals surface area (Å²) in [6.07, 6.45) is 15.6. The van der Waals surface area contributed by atoms with Crippen LogP contribution in [-0.4, -0.2) is 18.5 Å². The summed E-state index contributed by atoms with van der Waals surface area (Å²) >= 11 is 0. The monoisotopic (exact) mass is 446 g/mol. The second-order valence-corrected chi connectivity index (χ2v) is 9.16. The van der Waals surface area contributed by atoms with Crippen molar-refractivity contribution in [3.63, 3.8) is 0 Å². The molecule has 0 aliphatic rings. The van der Waals surface area contributed by atoms with Crippen molar-refractivity contribution in [3.05, 3.63) is 29.8 Å². The van der Waals surface area contributed by atoms with E-state index in [9.17, 15) is 9.59 Å². The fourth-order valence-corrected chi connectivity index (χ4v) is 3.67. The van der Waals surface area contributed by atoms with Crippen molar-refractivity contribution in [2.75, 3.05) is 6.61 Å². The van der Waals surface area contributed by atoms with Crippen molar-refractivity contribution in [2.24, 2.45) is 0 Å². The van der Waals surface area contributed by atoms with Gasteiger partial charge in [-0.1, -0.05) is 97.1 Å². The molecular weight excluding hydrogens is 400 g/mol. The van der Waals surface area contributed by atoms with Gasteiger partial charge in [0.15, 0.2) is 0 Å². The molecule has 0 saturated carbocycles. The molecule has 1 aromatic carbocycles. The highest BCUT2D eigenvalue weighted by molar-refractivity contribution is 5.72. The Morgan fingerprint density at radius 3 is 1.75 bits per heavy atom. The smallest absolute Gasteiger partial charge is 0.311 e. The van der Waals surface area contributed by atoms with Crippen LogP contribution >= 0.6 is 0 Å². The van der Waals surface area contributed by atoms with Gasteiger partial charge in [0.1, 0.15) is 5.75 Å². The Bertz CT molecular complexity index is 606. The van der Waals surface area contributed by atoms with E-state index >= 15 is 0 Å². The van der Waals surface area contributed by atoms with Crippen molar-refractivity contribution in [2.45, 2.75) is 123 Å². The van der Waals surface area contributed by atoms with Crippen LogP contribution < -0.4 is 4.74 Å². The maximum atomic E-state index is 12.0. The summed E-state index contributed by atoms with van der Waals surface area (Å²) < 4.78 is 10.7. The molecule has 0 radical (unpaired) electrons. The highest BCUT2D eigenvalue weighted by Gasteiger charge is 2.06. The second-order valence-electron chi connectivity index (χ2n) is 9.16. The van der Waals surface area contributed by atoms with E-state index in [1.807, 2.05) is 24.3 Å². The molecular formula is C28H46O4. The predicted octanol–water partition coefficient (Wildman–Crippen LogP) is 8.13. The normalized spacial score (nSPS) is 11.0. The van der Waals surface area contributed by atoms with E-state index in [1.54, 1.807) is 0 Å². The molecule has 0 aromatic heterocycles. The van der Waals surface area contributed by atoms with Crippen LogP contribution in [0.15, 0.2) is 24.3 Å². The van der Waals surface area contributed by atoms with Crippen LogP contribution in [0.25, 0.3) is 0 Å². The van der Waals surface area contributed by atoms with Crippen molar-refractivity contribution < 1.29 is 19.1 Å². The van der Waals surface area contributed by atoms with Gasteiger partial charge in [-0.3, -0.25) is 9.59 Å². The van der Waals surface area contributed by atoms with E-state index in [1.165, 1.54) is 37.7 Å². The maximum Gasteiger partial charge on any atom is 0.311 e. The molecule has 0 bridgehead atoms. The first-order valence-electron chi connectivity index (χ1n) is 13.0. The molecule has 0 spiro atoms. The first-order valence-corrected chi connectivity index (χ1v) is 13.0. The number of esters is 2.